The van der Waals surface area contributed by atoms with E-state index in [-0.39, 0.29) is 28.7 Å². The first-order valence-corrected chi connectivity index (χ1v) is 14.7. The van der Waals surface area contributed by atoms with Gasteiger partial charge in [0.25, 0.3) is 10.1 Å². The second-order valence-corrected chi connectivity index (χ2v) is 15.9. The van der Waals surface area contributed by atoms with E-state index in [1.807, 2.05) is 6.92 Å². The van der Waals surface area contributed by atoms with E-state index in [0.717, 1.165) is 5.56 Å². The number of likely N-dealkylation sites (tertiary alicyclic amines) is 1. The smallest absolute Gasteiger partial charge is 0.407 e. The minimum absolute atomic E-state index is 0.0218. The zero-order chi connectivity index (χ0) is 22.7. The number of carbonyl (C=O) groups is 1. The Morgan fingerprint density at radius 2 is 1.83 bits per heavy atom. The van der Waals surface area contributed by atoms with Crippen LogP contribution in [0.3, 0.4) is 0 Å². The molecule has 1 amide bonds. The molecule has 1 aromatic carbocycles. The molecule has 7 nitrogen and oxygen atoms in total. The second kappa shape index (κ2) is 9.38. The lowest BCUT2D eigenvalue weighted by atomic mass is 10.1. The summed E-state index contributed by atoms with van der Waals surface area (Å²) < 4.78 is 36.1. The van der Waals surface area contributed by atoms with E-state index >= 15 is 0 Å². The zero-order valence-electron chi connectivity index (χ0n) is 18.8. The Bertz CT molecular complexity index is 832. The van der Waals surface area contributed by atoms with Gasteiger partial charge in [-0.05, 0) is 56.5 Å². The molecule has 0 unspecified atom stereocenters. The molecular weight excluding hydrogens is 422 g/mol. The van der Waals surface area contributed by atoms with Gasteiger partial charge in [0.15, 0.2) is 8.32 Å². The zero-order valence-corrected chi connectivity index (χ0v) is 20.7. The third-order valence-corrected chi connectivity index (χ3v) is 12.0. The fraction of sp³-hybridized carbons (Fsp3) is 0.667. The van der Waals surface area contributed by atoms with Gasteiger partial charge in [0, 0.05) is 12.6 Å². The standard InChI is InChI=1S/C21H35NO6SSi/c1-16-9-11-19(12-10-16)29(25,26)27-13-7-8-17-14-18(15-22(17)20(23)24)28-30(5,6)21(2,3)4/h9-12,17-18H,7-8,13-15H2,1-6H3,(H,23,24)/t17-,18+/m1/s1. The molecular formula is C21H35NO6SSi. The summed E-state index contributed by atoms with van der Waals surface area (Å²) in [4.78, 5) is 13.2. The second-order valence-electron chi connectivity index (χ2n) is 9.56. The van der Waals surface area contributed by atoms with Crippen molar-refractivity contribution >= 4 is 24.5 Å². The van der Waals surface area contributed by atoms with Crippen LogP contribution in [0.5, 0.6) is 0 Å². The van der Waals surface area contributed by atoms with E-state index in [4.69, 9.17) is 8.61 Å². The maximum absolute atomic E-state index is 12.3. The fourth-order valence-electron chi connectivity index (χ4n) is 3.32. The highest BCUT2D eigenvalue weighted by Gasteiger charge is 2.43. The van der Waals surface area contributed by atoms with E-state index < -0.39 is 24.5 Å². The van der Waals surface area contributed by atoms with E-state index in [9.17, 15) is 18.3 Å². The Kier molecular flexibility index (Phi) is 7.77. The summed E-state index contributed by atoms with van der Waals surface area (Å²) in [5.74, 6) is 0. The summed E-state index contributed by atoms with van der Waals surface area (Å²) in [6.07, 6.45) is 0.530. The largest absolute Gasteiger partial charge is 0.465 e. The monoisotopic (exact) mass is 457 g/mol. The van der Waals surface area contributed by atoms with Crippen LogP contribution in [0, 0.1) is 6.92 Å². The highest BCUT2D eigenvalue weighted by atomic mass is 32.2. The third-order valence-electron chi connectivity index (χ3n) is 6.12. The van der Waals surface area contributed by atoms with Crippen LogP contribution < -0.4 is 0 Å². The number of aryl methyl sites for hydroxylation is 1. The lowest BCUT2D eigenvalue weighted by Gasteiger charge is -2.38. The summed E-state index contributed by atoms with van der Waals surface area (Å²) in [5.41, 5.74) is 0.971. The fourth-order valence-corrected chi connectivity index (χ4v) is 5.62. The highest BCUT2D eigenvalue weighted by Crippen LogP contribution is 2.39. The molecule has 170 valence electrons. The van der Waals surface area contributed by atoms with Gasteiger partial charge in [-0.15, -0.1) is 0 Å². The molecule has 9 heteroatoms. The molecule has 0 spiro atoms. The Labute approximate surface area is 181 Å². The SMILES string of the molecule is Cc1ccc(S(=O)(=O)OCCC[C@@H]2C[C@H](O[Si](C)(C)C(C)(C)C)CN2C(=O)O)cc1. The predicted molar refractivity (Wildman–Crippen MR) is 119 cm³/mol. The van der Waals surface area contributed by atoms with Crippen molar-refractivity contribution in [2.45, 2.75) is 82.1 Å². The summed E-state index contributed by atoms with van der Waals surface area (Å²) >= 11 is 0. The molecule has 0 saturated carbocycles. The molecule has 0 aliphatic carbocycles. The van der Waals surface area contributed by atoms with Gasteiger partial charge >= 0.3 is 6.09 Å². The molecule has 1 aliphatic heterocycles. The molecule has 1 N–H and O–H groups in total. The molecule has 30 heavy (non-hydrogen) atoms. The number of nitrogens with zero attached hydrogens (tertiary/aromatic N) is 1. The molecule has 2 rings (SSSR count). The van der Waals surface area contributed by atoms with Gasteiger partial charge in [0.1, 0.15) is 0 Å². The van der Waals surface area contributed by atoms with Crippen LogP contribution in [0.4, 0.5) is 4.79 Å². The first kappa shape index (κ1) is 24.8. The average Bonchev–Trinajstić information content (AvgIpc) is 3.00. The van der Waals surface area contributed by atoms with Crippen molar-refractivity contribution in [3.8, 4) is 0 Å². The third kappa shape index (κ3) is 6.29. The average molecular weight is 458 g/mol. The van der Waals surface area contributed by atoms with Crippen LogP contribution in [-0.4, -0.2) is 58.1 Å². The molecule has 2 atom stereocenters. The lowest BCUT2D eigenvalue weighted by Crippen LogP contribution is -2.44. The predicted octanol–water partition coefficient (Wildman–Crippen LogP) is 4.62. The van der Waals surface area contributed by atoms with Crippen LogP contribution in [0.25, 0.3) is 0 Å². The number of carboxylic acid groups (broad SMARTS) is 1. The molecule has 1 fully saturated rings. The Morgan fingerprint density at radius 3 is 2.37 bits per heavy atom. The molecule has 0 bridgehead atoms. The Morgan fingerprint density at radius 1 is 1.23 bits per heavy atom. The summed E-state index contributed by atoms with van der Waals surface area (Å²) in [6, 6.07) is 6.31. The van der Waals surface area contributed by atoms with Gasteiger partial charge in [-0.2, -0.15) is 8.42 Å². The van der Waals surface area contributed by atoms with E-state index in [2.05, 4.69) is 33.9 Å². The summed E-state index contributed by atoms with van der Waals surface area (Å²) in [7, 11) is -5.79. The molecule has 1 aliphatic rings. The molecule has 1 heterocycles. The first-order valence-electron chi connectivity index (χ1n) is 10.4. The maximum Gasteiger partial charge on any atom is 0.407 e. The van der Waals surface area contributed by atoms with Crippen LogP contribution >= 0.6 is 0 Å². The number of rotatable bonds is 8. The normalized spacial score (nSPS) is 20.5. The molecule has 1 saturated heterocycles. The van der Waals surface area contributed by atoms with Gasteiger partial charge in [-0.1, -0.05) is 38.5 Å². The summed E-state index contributed by atoms with van der Waals surface area (Å²) in [6.45, 7) is 13.1. The summed E-state index contributed by atoms with van der Waals surface area (Å²) in [5, 5.41) is 9.62. The van der Waals surface area contributed by atoms with Crippen molar-refractivity contribution in [1.82, 2.24) is 4.90 Å². The van der Waals surface area contributed by atoms with Crippen LogP contribution in [0.15, 0.2) is 29.2 Å². The quantitative estimate of drug-likeness (QED) is 0.348. The minimum Gasteiger partial charge on any atom is -0.465 e. The van der Waals surface area contributed by atoms with E-state index in [0.29, 0.717) is 25.8 Å². The Balaban J connectivity index is 1.90. The molecule has 1 aromatic rings. The molecule has 0 aromatic heterocycles. The van der Waals surface area contributed by atoms with Gasteiger partial charge < -0.3 is 14.4 Å². The Hall–Kier alpha value is -1.42. The van der Waals surface area contributed by atoms with Gasteiger partial charge in [-0.25, -0.2) is 4.79 Å². The minimum atomic E-state index is -3.80. The van der Waals surface area contributed by atoms with Gasteiger partial charge in [0.2, 0.25) is 0 Å². The van der Waals surface area contributed by atoms with Crippen molar-refractivity contribution in [2.75, 3.05) is 13.2 Å². The molecule has 0 radical (unpaired) electrons. The van der Waals surface area contributed by atoms with Crippen LogP contribution in [0.1, 0.15) is 45.6 Å². The number of amides is 1. The lowest BCUT2D eigenvalue weighted by molar-refractivity contribution is 0.130. The topological polar surface area (TPSA) is 93.1 Å². The van der Waals surface area contributed by atoms with E-state index in [1.165, 1.54) is 17.0 Å². The van der Waals surface area contributed by atoms with Crippen molar-refractivity contribution in [3.63, 3.8) is 0 Å². The number of benzene rings is 1. The van der Waals surface area contributed by atoms with Crippen molar-refractivity contribution < 1.29 is 26.9 Å². The van der Waals surface area contributed by atoms with Crippen molar-refractivity contribution in [1.29, 1.82) is 0 Å². The highest BCUT2D eigenvalue weighted by molar-refractivity contribution is 7.86. The number of hydrogen-bond acceptors (Lipinski definition) is 5. The van der Waals surface area contributed by atoms with Crippen molar-refractivity contribution in [2.24, 2.45) is 0 Å². The van der Waals surface area contributed by atoms with E-state index in [1.54, 1.807) is 12.1 Å². The van der Waals surface area contributed by atoms with Gasteiger partial charge in [0.05, 0.1) is 17.6 Å². The maximum atomic E-state index is 12.3. The van der Waals surface area contributed by atoms with Gasteiger partial charge in [-0.3, -0.25) is 4.18 Å². The van der Waals surface area contributed by atoms with Crippen LogP contribution in [0.2, 0.25) is 18.1 Å². The number of hydrogen-bond donors (Lipinski definition) is 1. The first-order chi connectivity index (χ1) is 13.7. The van der Waals surface area contributed by atoms with Crippen molar-refractivity contribution in [3.05, 3.63) is 29.8 Å². The van der Waals surface area contributed by atoms with Crippen LogP contribution in [-0.2, 0) is 18.7 Å².